The topological polar surface area (TPSA) is 173 Å². The molecular formula is C35H39F5N10O4. The van der Waals surface area contributed by atoms with Crippen molar-refractivity contribution in [3.63, 3.8) is 0 Å². The van der Waals surface area contributed by atoms with E-state index in [9.17, 15) is 27.5 Å². The summed E-state index contributed by atoms with van der Waals surface area (Å²) in [6.45, 7) is 5.77. The fourth-order valence-electron chi connectivity index (χ4n) is 7.63. The molecule has 0 bridgehead atoms. The number of likely N-dealkylation sites (N-methyl/N-ethyl adjacent to an activating group) is 1. The molecule has 19 heteroatoms. The van der Waals surface area contributed by atoms with E-state index in [-0.39, 0.29) is 83.9 Å². The van der Waals surface area contributed by atoms with Gasteiger partial charge in [-0.25, -0.2) is 13.8 Å². The third-order valence-electron chi connectivity index (χ3n) is 10.3. The van der Waals surface area contributed by atoms with Gasteiger partial charge < -0.3 is 29.9 Å². The predicted molar refractivity (Wildman–Crippen MR) is 185 cm³/mol. The van der Waals surface area contributed by atoms with E-state index >= 15 is 4.39 Å². The lowest BCUT2D eigenvalue weighted by Gasteiger charge is -2.31. The van der Waals surface area contributed by atoms with Crippen LogP contribution in [0.2, 0.25) is 0 Å². The van der Waals surface area contributed by atoms with Gasteiger partial charge >= 0.3 is 12.2 Å². The molecule has 0 aliphatic carbocycles. The van der Waals surface area contributed by atoms with Gasteiger partial charge in [0.25, 0.3) is 5.89 Å². The van der Waals surface area contributed by atoms with Crippen molar-refractivity contribution in [2.75, 3.05) is 50.5 Å². The van der Waals surface area contributed by atoms with Crippen LogP contribution in [0.4, 0.5) is 33.6 Å². The molecular weight excluding hydrogens is 719 g/mol. The number of hydrogen-bond acceptors (Lipinski definition) is 13. The molecule has 3 aliphatic heterocycles. The first-order chi connectivity index (χ1) is 25.4. The van der Waals surface area contributed by atoms with Gasteiger partial charge in [0.1, 0.15) is 46.9 Å². The number of carbonyl (C=O) groups excluding carboxylic acids is 1. The Labute approximate surface area is 306 Å². The minimum absolute atomic E-state index is 0.0191. The van der Waals surface area contributed by atoms with Crippen LogP contribution in [0.5, 0.6) is 6.01 Å². The Morgan fingerprint density at radius 2 is 1.96 bits per heavy atom. The first kappa shape index (κ1) is 37.3. The Kier molecular flexibility index (Phi) is 9.44. The molecule has 0 spiro atoms. The van der Waals surface area contributed by atoms with Crippen LogP contribution >= 0.6 is 0 Å². The second-order valence-corrected chi connectivity index (χ2v) is 14.6. The molecule has 54 heavy (non-hydrogen) atoms. The number of ether oxygens (including phenoxy) is 1. The average molecular weight is 759 g/mol. The van der Waals surface area contributed by atoms with Crippen molar-refractivity contribution in [1.29, 1.82) is 0 Å². The minimum Gasteiger partial charge on any atom is -0.461 e. The molecule has 7 rings (SSSR count). The number of likely N-dealkylation sites (tertiary alicyclic amines) is 1. The molecule has 14 nitrogen and oxygen atoms in total. The molecule has 3 atom stereocenters. The van der Waals surface area contributed by atoms with Crippen molar-refractivity contribution in [3.05, 3.63) is 47.0 Å². The van der Waals surface area contributed by atoms with Gasteiger partial charge in [0, 0.05) is 57.5 Å². The van der Waals surface area contributed by atoms with E-state index in [1.807, 2.05) is 4.90 Å². The first-order valence-electron chi connectivity index (χ1n) is 17.4. The molecule has 3 fully saturated rings. The molecule has 0 radical (unpaired) electrons. The largest absolute Gasteiger partial charge is 0.461 e. The molecule has 0 aromatic carbocycles. The van der Waals surface area contributed by atoms with Crippen LogP contribution in [-0.2, 0) is 16.6 Å². The van der Waals surface area contributed by atoms with Crippen molar-refractivity contribution >= 4 is 34.5 Å². The zero-order valence-electron chi connectivity index (χ0n) is 30.0. The van der Waals surface area contributed by atoms with Gasteiger partial charge in [0.05, 0.1) is 16.5 Å². The minimum atomic E-state index is -4.90. The fraction of sp³-hybridized carbons (Fsp3) is 0.514. The van der Waals surface area contributed by atoms with Crippen LogP contribution < -0.4 is 15.4 Å². The van der Waals surface area contributed by atoms with E-state index in [1.165, 1.54) is 39.1 Å². The van der Waals surface area contributed by atoms with Gasteiger partial charge in [-0.1, -0.05) is 5.16 Å². The van der Waals surface area contributed by atoms with Gasteiger partial charge in [-0.05, 0) is 58.2 Å². The number of aryl methyl sites for hydroxylation is 1. The van der Waals surface area contributed by atoms with Crippen LogP contribution in [-0.4, -0.2) is 108 Å². The summed E-state index contributed by atoms with van der Waals surface area (Å²) in [5.41, 5.74) is 0.594. The number of nitrogens with zero attached hydrogens (tertiary/aromatic N) is 9. The van der Waals surface area contributed by atoms with Crippen molar-refractivity contribution < 1.29 is 41.1 Å². The Bertz CT molecular complexity index is 2120. The van der Waals surface area contributed by atoms with Gasteiger partial charge in [-0.2, -0.15) is 28.1 Å². The fourth-order valence-corrected chi connectivity index (χ4v) is 7.63. The summed E-state index contributed by atoms with van der Waals surface area (Å²) >= 11 is 0. The third-order valence-corrected chi connectivity index (χ3v) is 10.3. The normalized spacial score (nSPS) is 22.1. The number of anilines is 2. The van der Waals surface area contributed by atoms with Crippen LogP contribution in [0.15, 0.2) is 22.9 Å². The molecule has 3 N–H and O–H groups in total. The second-order valence-electron chi connectivity index (χ2n) is 14.6. The van der Waals surface area contributed by atoms with Crippen molar-refractivity contribution in [2.24, 2.45) is 0 Å². The number of pyridine rings is 2. The molecule has 0 saturated carbocycles. The summed E-state index contributed by atoms with van der Waals surface area (Å²) in [4.78, 5) is 39.5. The van der Waals surface area contributed by atoms with Gasteiger partial charge in [0.15, 0.2) is 5.82 Å². The van der Waals surface area contributed by atoms with E-state index in [1.54, 1.807) is 16.8 Å². The predicted octanol–water partition coefficient (Wildman–Crippen LogP) is 4.45. The number of rotatable bonds is 9. The number of aromatic nitrogens is 6. The number of hydrogen-bond donors (Lipinski definition) is 2. The summed E-state index contributed by atoms with van der Waals surface area (Å²) in [6, 6.07) is 0.450. The highest BCUT2D eigenvalue weighted by Crippen LogP contribution is 2.42. The Morgan fingerprint density at radius 1 is 1.19 bits per heavy atom. The summed E-state index contributed by atoms with van der Waals surface area (Å²) < 4.78 is 85.1. The summed E-state index contributed by atoms with van der Waals surface area (Å²) in [6.07, 6.45) is 0.132. The zero-order chi connectivity index (χ0) is 38.7. The molecule has 0 unspecified atom stereocenters. The van der Waals surface area contributed by atoms with E-state index < -0.39 is 46.3 Å². The molecule has 4 aromatic rings. The molecule has 3 aliphatic rings. The number of nitrogens with two attached hydrogens (primary N) is 1. The molecule has 7 heterocycles. The second kappa shape index (κ2) is 13.7. The van der Waals surface area contributed by atoms with Crippen LogP contribution in [0.25, 0.3) is 28.4 Å². The number of alkyl halides is 4. The lowest BCUT2D eigenvalue weighted by Crippen LogP contribution is -2.43. The monoisotopic (exact) mass is 758 g/mol. The van der Waals surface area contributed by atoms with Crippen LogP contribution in [0, 0.1) is 12.7 Å². The van der Waals surface area contributed by atoms with Crippen LogP contribution in [0.3, 0.4) is 0 Å². The van der Waals surface area contributed by atoms with Gasteiger partial charge in [-0.15, -0.1) is 0 Å². The van der Waals surface area contributed by atoms with Crippen molar-refractivity contribution in [3.8, 4) is 17.4 Å². The highest BCUT2D eigenvalue weighted by Gasteiger charge is 2.49. The third kappa shape index (κ3) is 7.01. The van der Waals surface area contributed by atoms with Crippen molar-refractivity contribution in [2.45, 2.75) is 76.0 Å². The van der Waals surface area contributed by atoms with E-state index in [2.05, 4.69) is 30.1 Å². The quantitative estimate of drug-likeness (QED) is 0.181. The summed E-state index contributed by atoms with van der Waals surface area (Å²) in [5, 5.41) is 13.9. The van der Waals surface area contributed by atoms with E-state index in [4.69, 9.17) is 15.0 Å². The highest BCUT2D eigenvalue weighted by atomic mass is 19.4. The Balaban J connectivity index is 1.22. The Hall–Kier alpha value is -5.04. The lowest BCUT2D eigenvalue weighted by molar-refractivity contribution is -0.137. The maximum absolute atomic E-state index is 16.6. The summed E-state index contributed by atoms with van der Waals surface area (Å²) in [7, 11) is 1.69. The van der Waals surface area contributed by atoms with Gasteiger partial charge in [0.2, 0.25) is 11.7 Å². The smallest absolute Gasteiger partial charge is 0.418 e. The summed E-state index contributed by atoms with van der Waals surface area (Å²) in [5.74, 6) is -1.53. The maximum Gasteiger partial charge on any atom is 0.418 e. The average Bonchev–Trinajstić information content (AvgIpc) is 3.89. The number of halogens is 5. The number of amides is 1. The van der Waals surface area contributed by atoms with Crippen LogP contribution in [0.1, 0.15) is 62.4 Å². The standard InChI is InChI=1S/C35H39F5N10O4/c1-18-12-22(41)43-28(25(18)35(38,39)40)29-26(37)27-21(14-42-29)30(46-32(45-27)53-17-34-9-5-10-50(34)15-19(36)13-34)48(4)20-8-11-49(16-20)24(51)7-6-23-44-31(47-54-23)33(2,3)52/h6-7,12,14,19-20,52H,5,8-11,13,15-17H2,1-4H3,(H2,41,43)/b7-6+/t19-,20-,34+/m1/s1. The number of fused-ring (bicyclic) bond motifs is 2. The van der Waals surface area contributed by atoms with Gasteiger partial charge in [-0.3, -0.25) is 14.7 Å². The van der Waals surface area contributed by atoms with Crippen molar-refractivity contribution in [1.82, 2.24) is 39.9 Å². The highest BCUT2D eigenvalue weighted by molar-refractivity contribution is 5.93. The van der Waals surface area contributed by atoms with E-state index in [0.29, 0.717) is 25.9 Å². The SMILES string of the molecule is Cc1cc(N)nc(-c2ncc3c(N(C)[C@@H]4CCN(C(=O)/C=C/c5nc(C(C)(C)O)no5)C4)nc(OC[C@@]45CCCN4C[C@H](F)C5)nc3c2F)c1C(F)(F)F. The Morgan fingerprint density at radius 3 is 2.69 bits per heavy atom. The number of aliphatic hydroxyl groups is 1. The molecule has 3 saturated heterocycles. The number of nitrogen functional groups attached to an aromatic ring is 1. The zero-order valence-corrected chi connectivity index (χ0v) is 30.0. The molecule has 4 aromatic heterocycles. The molecule has 288 valence electrons. The first-order valence-corrected chi connectivity index (χ1v) is 17.4. The molecule has 1 amide bonds. The maximum atomic E-state index is 16.6. The van der Waals surface area contributed by atoms with E-state index in [0.717, 1.165) is 12.5 Å². The number of carbonyl (C=O) groups is 1. The lowest BCUT2D eigenvalue weighted by atomic mass is 9.95.